The second-order valence-electron chi connectivity index (χ2n) is 5.84. The first kappa shape index (κ1) is 19.2. The quantitative estimate of drug-likeness (QED) is 0.666. The second-order valence-corrected chi connectivity index (χ2v) is 5.84. The minimum absolute atomic E-state index is 0. The molecule has 0 bridgehead atoms. The third-order valence-corrected chi connectivity index (χ3v) is 4.01. The van der Waals surface area contributed by atoms with Gasteiger partial charge in [0.1, 0.15) is 5.69 Å². The molecule has 0 radical (unpaired) electrons. The first-order valence-corrected chi connectivity index (χ1v) is 8.32. The van der Waals surface area contributed by atoms with E-state index in [1.165, 1.54) is 5.56 Å². The minimum atomic E-state index is 0. The highest BCUT2D eigenvalue weighted by atomic mass is 35.5. The Kier molecular flexibility index (Phi) is 7.67. The smallest absolute Gasteiger partial charge is 0.151 e. The van der Waals surface area contributed by atoms with Gasteiger partial charge in [0.05, 0.1) is 6.54 Å². The molecule has 0 aliphatic rings. The Hall–Kier alpha value is -2.14. The average molecular weight is 358 g/mol. The Bertz CT molecular complexity index is 731. The molecule has 2 N–H and O–H groups in total. The first-order valence-electron chi connectivity index (χ1n) is 8.32. The van der Waals surface area contributed by atoms with Crippen LogP contribution in [0.4, 0.5) is 0 Å². The summed E-state index contributed by atoms with van der Waals surface area (Å²) in [5.74, 6) is 0.871. The van der Waals surface area contributed by atoms with Crippen molar-refractivity contribution in [3.05, 3.63) is 78.1 Å². The maximum Gasteiger partial charge on any atom is 0.151 e. The largest absolute Gasteiger partial charge is 0.359 e. The zero-order valence-corrected chi connectivity index (χ0v) is 15.0. The normalized spacial score (nSPS) is 10.6. The lowest BCUT2D eigenvalue weighted by molar-refractivity contribution is 0.239. The van der Waals surface area contributed by atoms with E-state index >= 15 is 0 Å². The Morgan fingerprint density at radius 1 is 0.920 bits per heavy atom. The van der Waals surface area contributed by atoms with Crippen LogP contribution < -0.4 is 5.73 Å². The van der Waals surface area contributed by atoms with Crippen LogP contribution in [0.5, 0.6) is 0 Å². The number of hydrogen-bond donors (Lipinski definition) is 1. The van der Waals surface area contributed by atoms with Gasteiger partial charge < -0.3 is 10.3 Å². The maximum atomic E-state index is 5.76. The van der Waals surface area contributed by atoms with Crippen LogP contribution in [-0.4, -0.2) is 29.7 Å². The standard InChI is InChI=1S/C20H23N3O.ClH/c21-12-14-23(13-11-17-7-3-1-4-8-17)16-19-15-20(22-24-19)18-9-5-2-6-10-18;/h1-10,15H,11-14,16,21H2;1H. The monoisotopic (exact) mass is 357 g/mol. The van der Waals surface area contributed by atoms with Gasteiger partial charge in [0.15, 0.2) is 5.76 Å². The van der Waals surface area contributed by atoms with Gasteiger partial charge >= 0.3 is 0 Å². The van der Waals surface area contributed by atoms with Crippen molar-refractivity contribution >= 4 is 12.4 Å². The molecule has 0 saturated heterocycles. The lowest BCUT2D eigenvalue weighted by atomic mass is 10.1. The number of aromatic nitrogens is 1. The third kappa shape index (κ3) is 5.71. The summed E-state index contributed by atoms with van der Waals surface area (Å²) < 4.78 is 5.52. The summed E-state index contributed by atoms with van der Waals surface area (Å²) in [7, 11) is 0. The molecular weight excluding hydrogens is 334 g/mol. The maximum absolute atomic E-state index is 5.76. The molecule has 0 unspecified atom stereocenters. The molecule has 0 fully saturated rings. The molecule has 0 spiro atoms. The molecule has 0 aliphatic heterocycles. The van der Waals surface area contributed by atoms with Gasteiger partial charge in [-0.1, -0.05) is 65.8 Å². The zero-order valence-electron chi connectivity index (χ0n) is 14.2. The Balaban J connectivity index is 0.00000225. The molecular formula is C20H24ClN3O. The first-order chi connectivity index (χ1) is 11.8. The lowest BCUT2D eigenvalue weighted by Gasteiger charge is -2.19. The average Bonchev–Trinajstić information content (AvgIpc) is 3.10. The van der Waals surface area contributed by atoms with E-state index in [0.717, 1.165) is 43.1 Å². The Morgan fingerprint density at radius 3 is 2.28 bits per heavy atom. The van der Waals surface area contributed by atoms with Crippen molar-refractivity contribution < 1.29 is 4.52 Å². The molecule has 0 atom stereocenters. The molecule has 3 aromatic rings. The van der Waals surface area contributed by atoms with E-state index in [1.54, 1.807) is 0 Å². The van der Waals surface area contributed by atoms with Gasteiger partial charge in [0.25, 0.3) is 0 Å². The van der Waals surface area contributed by atoms with Gasteiger partial charge in [-0.25, -0.2) is 0 Å². The fourth-order valence-electron chi connectivity index (χ4n) is 2.74. The topological polar surface area (TPSA) is 55.3 Å². The van der Waals surface area contributed by atoms with E-state index in [1.807, 2.05) is 42.5 Å². The summed E-state index contributed by atoms with van der Waals surface area (Å²) in [6.45, 7) is 3.15. The van der Waals surface area contributed by atoms with Gasteiger partial charge in [0.2, 0.25) is 0 Å². The van der Waals surface area contributed by atoms with Crippen LogP contribution in [0.1, 0.15) is 11.3 Å². The van der Waals surface area contributed by atoms with Crippen LogP contribution in [0.25, 0.3) is 11.3 Å². The van der Waals surface area contributed by atoms with E-state index < -0.39 is 0 Å². The van der Waals surface area contributed by atoms with Crippen LogP contribution in [0.2, 0.25) is 0 Å². The summed E-state index contributed by atoms with van der Waals surface area (Å²) in [6.07, 6.45) is 1.00. The highest BCUT2D eigenvalue weighted by Gasteiger charge is 2.11. The lowest BCUT2D eigenvalue weighted by Crippen LogP contribution is -2.30. The number of hydrogen-bond acceptors (Lipinski definition) is 4. The van der Waals surface area contributed by atoms with E-state index in [4.69, 9.17) is 10.3 Å². The van der Waals surface area contributed by atoms with Gasteiger partial charge in [0, 0.05) is 31.3 Å². The molecule has 0 amide bonds. The summed E-state index contributed by atoms with van der Waals surface area (Å²) in [5.41, 5.74) is 9.04. The molecule has 25 heavy (non-hydrogen) atoms. The highest BCUT2D eigenvalue weighted by molar-refractivity contribution is 5.85. The van der Waals surface area contributed by atoms with Crippen molar-refractivity contribution in [3.8, 4) is 11.3 Å². The number of halogens is 1. The Labute approximate surface area is 155 Å². The number of nitrogens with zero attached hydrogens (tertiary/aromatic N) is 2. The molecule has 0 saturated carbocycles. The molecule has 4 nitrogen and oxygen atoms in total. The summed E-state index contributed by atoms with van der Waals surface area (Å²) in [6, 6.07) is 22.6. The number of nitrogens with two attached hydrogens (primary N) is 1. The minimum Gasteiger partial charge on any atom is -0.359 e. The zero-order chi connectivity index (χ0) is 16.6. The fourth-order valence-corrected chi connectivity index (χ4v) is 2.74. The predicted molar refractivity (Wildman–Crippen MR) is 104 cm³/mol. The molecule has 3 rings (SSSR count). The van der Waals surface area contributed by atoms with Crippen LogP contribution in [-0.2, 0) is 13.0 Å². The molecule has 2 aromatic carbocycles. The SMILES string of the molecule is Cl.NCCN(CCc1ccccc1)Cc1cc(-c2ccccc2)no1. The van der Waals surface area contributed by atoms with E-state index in [-0.39, 0.29) is 12.4 Å². The van der Waals surface area contributed by atoms with Crippen LogP contribution >= 0.6 is 12.4 Å². The molecule has 132 valence electrons. The highest BCUT2D eigenvalue weighted by Crippen LogP contribution is 2.19. The molecule has 1 heterocycles. The van der Waals surface area contributed by atoms with Crippen molar-refractivity contribution in [3.63, 3.8) is 0 Å². The van der Waals surface area contributed by atoms with Crippen molar-refractivity contribution in [1.82, 2.24) is 10.1 Å². The van der Waals surface area contributed by atoms with Crippen LogP contribution in [0, 0.1) is 0 Å². The molecule has 0 aliphatic carbocycles. The van der Waals surface area contributed by atoms with E-state index in [0.29, 0.717) is 6.54 Å². The summed E-state index contributed by atoms with van der Waals surface area (Å²) in [4.78, 5) is 2.31. The van der Waals surface area contributed by atoms with Gasteiger partial charge in [-0.3, -0.25) is 4.90 Å². The van der Waals surface area contributed by atoms with E-state index in [9.17, 15) is 0 Å². The number of rotatable bonds is 8. The number of benzene rings is 2. The van der Waals surface area contributed by atoms with Crippen LogP contribution in [0.3, 0.4) is 0 Å². The van der Waals surface area contributed by atoms with Crippen molar-refractivity contribution in [1.29, 1.82) is 0 Å². The Morgan fingerprint density at radius 2 is 1.60 bits per heavy atom. The van der Waals surface area contributed by atoms with Crippen molar-refractivity contribution in [2.45, 2.75) is 13.0 Å². The second kappa shape index (κ2) is 9.99. The summed E-state index contributed by atoms with van der Waals surface area (Å²) >= 11 is 0. The summed E-state index contributed by atoms with van der Waals surface area (Å²) in [5, 5.41) is 4.18. The van der Waals surface area contributed by atoms with Gasteiger partial charge in [-0.15, -0.1) is 12.4 Å². The van der Waals surface area contributed by atoms with Crippen molar-refractivity contribution in [2.24, 2.45) is 5.73 Å². The molecule has 1 aromatic heterocycles. The fraction of sp³-hybridized carbons (Fsp3) is 0.250. The molecule has 5 heteroatoms. The van der Waals surface area contributed by atoms with Gasteiger partial charge in [-0.05, 0) is 12.0 Å². The predicted octanol–water partition coefficient (Wildman–Crippen LogP) is 3.77. The van der Waals surface area contributed by atoms with Crippen molar-refractivity contribution in [2.75, 3.05) is 19.6 Å². The van der Waals surface area contributed by atoms with Crippen LogP contribution in [0.15, 0.2) is 71.3 Å². The third-order valence-electron chi connectivity index (χ3n) is 4.01. The van der Waals surface area contributed by atoms with E-state index in [2.05, 4.69) is 34.3 Å². The van der Waals surface area contributed by atoms with Gasteiger partial charge in [-0.2, -0.15) is 0 Å².